The van der Waals surface area contributed by atoms with Gasteiger partial charge in [-0.15, -0.1) is 0 Å². The minimum Gasteiger partial charge on any atom is -0.309 e. The van der Waals surface area contributed by atoms with Crippen molar-refractivity contribution < 1.29 is 8.42 Å². The van der Waals surface area contributed by atoms with Crippen LogP contribution in [0.25, 0.3) is 82.4 Å². The number of rotatable bonds is 3. The molecule has 1 aromatic heterocycles. The van der Waals surface area contributed by atoms with Crippen molar-refractivity contribution in [3.63, 3.8) is 0 Å². The maximum Gasteiger partial charge on any atom is 0.207 e. The molecule has 0 bridgehead atoms. The lowest BCUT2D eigenvalue weighted by Gasteiger charge is -2.39. The zero-order chi connectivity index (χ0) is 40.5. The summed E-state index contributed by atoms with van der Waals surface area (Å²) in [5.74, 6) is 0. The molecule has 61 heavy (non-hydrogen) atoms. The first-order chi connectivity index (χ1) is 30.0. The standard InChI is InChI=1S/C57H35NO2S/c59-61(60)53-30-16-15-29-50(53)57(48-27-13-11-23-43(48)44-24-12-14-28-49(44)57)51-34-47-52(35-54(51)61)58(56-46-26-10-8-22-42(46)41-21-7-9-25-45(41)55(47)56)40-32-38(36-17-3-1-4-18-36)31-39(33-40)37-19-5-2-6-20-37/h1-35H. The van der Waals surface area contributed by atoms with Gasteiger partial charge in [-0.05, 0) is 108 Å². The van der Waals surface area contributed by atoms with E-state index in [1.807, 2.05) is 36.4 Å². The average molecular weight is 798 g/mol. The second kappa shape index (κ2) is 12.5. The zero-order valence-corrected chi connectivity index (χ0v) is 33.7. The number of hydrogen-bond acceptors (Lipinski definition) is 2. The number of sulfone groups is 1. The molecule has 3 nitrogen and oxygen atoms in total. The molecule has 2 aliphatic rings. The summed E-state index contributed by atoms with van der Waals surface area (Å²) < 4.78 is 33.3. The smallest absolute Gasteiger partial charge is 0.207 e. The van der Waals surface area contributed by atoms with Crippen LogP contribution in [0.2, 0.25) is 0 Å². The van der Waals surface area contributed by atoms with Crippen molar-refractivity contribution in [2.45, 2.75) is 15.2 Å². The fraction of sp³-hybridized carbons (Fsp3) is 0.0175. The molecule has 0 fully saturated rings. The molecule has 13 rings (SSSR count). The molecule has 11 aromatic rings. The Bertz CT molecular complexity index is 3670. The van der Waals surface area contributed by atoms with Crippen LogP contribution < -0.4 is 0 Å². The summed E-state index contributed by atoms with van der Waals surface area (Å²) in [6, 6.07) is 74.2. The molecular weight excluding hydrogens is 763 g/mol. The van der Waals surface area contributed by atoms with E-state index in [1.54, 1.807) is 6.07 Å². The van der Waals surface area contributed by atoms with Gasteiger partial charge in [-0.25, -0.2) is 8.42 Å². The lowest BCUT2D eigenvalue weighted by atomic mass is 9.67. The molecule has 1 aliphatic carbocycles. The number of fused-ring (bicyclic) bond motifs is 17. The molecule has 0 N–H and O–H groups in total. The van der Waals surface area contributed by atoms with E-state index in [1.165, 1.54) is 0 Å². The summed E-state index contributed by atoms with van der Waals surface area (Å²) in [6.45, 7) is 0. The highest BCUT2D eigenvalue weighted by Crippen LogP contribution is 2.61. The summed E-state index contributed by atoms with van der Waals surface area (Å²) in [5, 5.41) is 6.66. The van der Waals surface area contributed by atoms with Gasteiger partial charge in [0, 0.05) is 21.8 Å². The van der Waals surface area contributed by atoms with Crippen LogP contribution >= 0.6 is 0 Å². The van der Waals surface area contributed by atoms with Crippen LogP contribution in [-0.4, -0.2) is 13.0 Å². The molecular formula is C57H35NO2S. The molecule has 10 aromatic carbocycles. The van der Waals surface area contributed by atoms with Crippen LogP contribution in [0.15, 0.2) is 222 Å². The first-order valence-electron chi connectivity index (χ1n) is 20.8. The van der Waals surface area contributed by atoms with E-state index in [4.69, 9.17) is 0 Å². The molecule has 286 valence electrons. The van der Waals surface area contributed by atoms with Crippen molar-refractivity contribution in [3.05, 3.63) is 235 Å². The molecule has 4 heteroatoms. The van der Waals surface area contributed by atoms with Gasteiger partial charge in [-0.2, -0.15) is 0 Å². The average Bonchev–Trinajstić information content (AvgIpc) is 3.82. The van der Waals surface area contributed by atoms with E-state index in [2.05, 4.69) is 174 Å². The van der Waals surface area contributed by atoms with Crippen LogP contribution in [0, 0.1) is 0 Å². The molecule has 0 saturated carbocycles. The van der Waals surface area contributed by atoms with Crippen LogP contribution in [0.5, 0.6) is 0 Å². The molecule has 0 unspecified atom stereocenters. The second-order valence-electron chi connectivity index (χ2n) is 16.4. The predicted molar refractivity (Wildman–Crippen MR) is 249 cm³/mol. The Labute approximate surface area is 353 Å². The van der Waals surface area contributed by atoms with Crippen molar-refractivity contribution >= 4 is 53.2 Å². The van der Waals surface area contributed by atoms with Crippen molar-refractivity contribution in [2.24, 2.45) is 0 Å². The van der Waals surface area contributed by atoms with E-state index in [9.17, 15) is 0 Å². The molecule has 0 saturated heterocycles. The highest BCUT2D eigenvalue weighted by Gasteiger charge is 2.53. The maximum atomic E-state index is 15.5. The van der Waals surface area contributed by atoms with Crippen LogP contribution in [0.3, 0.4) is 0 Å². The Hall–Kier alpha value is -7.53. The summed E-state index contributed by atoms with van der Waals surface area (Å²) in [6.07, 6.45) is 0. The number of nitrogens with zero attached hydrogens (tertiary/aromatic N) is 1. The highest BCUT2D eigenvalue weighted by atomic mass is 32.2. The maximum absolute atomic E-state index is 15.5. The third kappa shape index (κ3) is 4.55. The van der Waals surface area contributed by atoms with Gasteiger partial charge >= 0.3 is 0 Å². The summed E-state index contributed by atoms with van der Waals surface area (Å²) in [7, 11) is -4.00. The first-order valence-corrected chi connectivity index (χ1v) is 22.2. The molecule has 1 spiro atoms. The third-order valence-corrected chi connectivity index (χ3v) is 15.2. The minimum absolute atomic E-state index is 0.338. The van der Waals surface area contributed by atoms with Gasteiger partial charge in [0.15, 0.2) is 0 Å². The minimum atomic E-state index is -4.00. The van der Waals surface area contributed by atoms with Gasteiger partial charge in [0.25, 0.3) is 0 Å². The summed E-state index contributed by atoms with van der Waals surface area (Å²) in [4.78, 5) is 0.690. The van der Waals surface area contributed by atoms with Gasteiger partial charge in [-0.3, -0.25) is 0 Å². The van der Waals surface area contributed by atoms with Crippen molar-refractivity contribution in [2.75, 3.05) is 0 Å². The lowest BCUT2D eigenvalue weighted by Crippen LogP contribution is -2.36. The van der Waals surface area contributed by atoms with Crippen LogP contribution in [-0.2, 0) is 15.3 Å². The highest BCUT2D eigenvalue weighted by molar-refractivity contribution is 7.91. The van der Waals surface area contributed by atoms with Crippen molar-refractivity contribution in [3.8, 4) is 39.1 Å². The Kier molecular flexibility index (Phi) is 7.04. The number of benzene rings is 10. The fourth-order valence-corrected chi connectivity index (χ4v) is 12.7. The third-order valence-electron chi connectivity index (χ3n) is 13.4. The normalized spacial score (nSPS) is 14.3. The Balaban J connectivity index is 1.26. The van der Waals surface area contributed by atoms with Gasteiger partial charge in [0.1, 0.15) is 0 Å². The SMILES string of the molecule is O=S1(=O)c2ccccc2C2(c3ccccc3-c3ccccc32)c2cc3c4c5ccccc5c5ccccc5c4n(-c4cc(-c5ccccc5)cc(-c5ccccc5)c4)c3cc21. The summed E-state index contributed by atoms with van der Waals surface area (Å²) >= 11 is 0. The monoisotopic (exact) mass is 797 g/mol. The van der Waals surface area contributed by atoms with Gasteiger partial charge in [0.05, 0.1) is 26.2 Å². The molecule has 0 amide bonds. The Morgan fingerprint density at radius 2 is 0.852 bits per heavy atom. The second-order valence-corrected chi connectivity index (χ2v) is 18.2. The van der Waals surface area contributed by atoms with Crippen LogP contribution in [0.1, 0.15) is 22.3 Å². The van der Waals surface area contributed by atoms with E-state index in [0.29, 0.717) is 9.79 Å². The van der Waals surface area contributed by atoms with E-state index in [-0.39, 0.29) is 0 Å². The van der Waals surface area contributed by atoms with Crippen molar-refractivity contribution in [1.82, 2.24) is 4.57 Å². The molecule has 1 aliphatic heterocycles. The van der Waals surface area contributed by atoms with E-state index >= 15 is 8.42 Å². The largest absolute Gasteiger partial charge is 0.309 e. The zero-order valence-electron chi connectivity index (χ0n) is 32.9. The topological polar surface area (TPSA) is 39.1 Å². The lowest BCUT2D eigenvalue weighted by molar-refractivity contribution is 0.581. The quantitative estimate of drug-likeness (QED) is 0.167. The predicted octanol–water partition coefficient (Wildman–Crippen LogP) is 13.9. The van der Waals surface area contributed by atoms with Gasteiger partial charge < -0.3 is 4.57 Å². The number of hydrogen-bond donors (Lipinski definition) is 0. The molecule has 0 radical (unpaired) electrons. The summed E-state index contributed by atoms with van der Waals surface area (Å²) in [5.41, 5.74) is 12.4. The fourth-order valence-electron chi connectivity index (χ4n) is 10.9. The van der Waals surface area contributed by atoms with Gasteiger partial charge in [0.2, 0.25) is 9.84 Å². The van der Waals surface area contributed by atoms with E-state index in [0.717, 1.165) is 105 Å². The van der Waals surface area contributed by atoms with Crippen molar-refractivity contribution in [1.29, 1.82) is 0 Å². The Morgan fingerprint density at radius 1 is 0.361 bits per heavy atom. The number of aromatic nitrogens is 1. The van der Waals surface area contributed by atoms with Gasteiger partial charge in [-0.1, -0.05) is 176 Å². The Morgan fingerprint density at radius 3 is 1.48 bits per heavy atom. The van der Waals surface area contributed by atoms with Crippen LogP contribution in [0.4, 0.5) is 0 Å². The first kappa shape index (κ1) is 34.3. The van der Waals surface area contributed by atoms with E-state index < -0.39 is 15.3 Å². The molecule has 2 heterocycles. The molecule has 0 atom stereocenters.